The topological polar surface area (TPSA) is 61.0 Å². The summed E-state index contributed by atoms with van der Waals surface area (Å²) in [7, 11) is 0. The van der Waals surface area contributed by atoms with Gasteiger partial charge in [-0.3, -0.25) is 14.8 Å². The summed E-state index contributed by atoms with van der Waals surface area (Å²) < 4.78 is 27.1. The molecule has 1 aromatic carbocycles. The Morgan fingerprint density at radius 3 is 3.04 bits per heavy atom. The van der Waals surface area contributed by atoms with Crippen molar-refractivity contribution in [2.75, 3.05) is 13.1 Å². The van der Waals surface area contributed by atoms with E-state index < -0.39 is 11.6 Å². The molecule has 7 heteroatoms. The van der Waals surface area contributed by atoms with Crippen LogP contribution in [0, 0.1) is 11.6 Å². The van der Waals surface area contributed by atoms with Crippen LogP contribution in [0.4, 0.5) is 8.78 Å². The predicted octanol–water partition coefficient (Wildman–Crippen LogP) is 2.18. The molecule has 0 radical (unpaired) electrons. The molecule has 1 aromatic heterocycles. The third-order valence-corrected chi connectivity index (χ3v) is 5.17. The quantitative estimate of drug-likeness (QED) is 0.872. The third kappa shape index (κ3) is 3.16. The fraction of sp³-hybridized carbons (Fsp3) is 0.444. The molecule has 1 aliphatic heterocycles. The van der Waals surface area contributed by atoms with Crippen LogP contribution < -0.4 is 5.32 Å². The van der Waals surface area contributed by atoms with Gasteiger partial charge in [0.1, 0.15) is 11.6 Å². The van der Waals surface area contributed by atoms with E-state index in [0.717, 1.165) is 55.6 Å². The number of rotatable bonds is 5. The molecule has 2 N–H and O–H groups in total. The Labute approximate surface area is 144 Å². The number of nitrogens with zero attached hydrogens (tertiary/aromatic N) is 2. The van der Waals surface area contributed by atoms with E-state index >= 15 is 0 Å². The molecule has 5 nitrogen and oxygen atoms in total. The lowest BCUT2D eigenvalue weighted by Crippen LogP contribution is -2.53. The van der Waals surface area contributed by atoms with Crippen molar-refractivity contribution in [3.63, 3.8) is 0 Å². The minimum absolute atomic E-state index is 0.138. The summed E-state index contributed by atoms with van der Waals surface area (Å²) in [5.41, 5.74) is 2.94. The first-order chi connectivity index (χ1) is 12.1. The summed E-state index contributed by atoms with van der Waals surface area (Å²) in [5.74, 6) is -1.000. The van der Waals surface area contributed by atoms with Crippen molar-refractivity contribution in [2.24, 2.45) is 0 Å². The van der Waals surface area contributed by atoms with Crippen LogP contribution in [0.25, 0.3) is 0 Å². The molecule has 2 aromatic rings. The highest BCUT2D eigenvalue weighted by atomic mass is 19.1. The molecule has 0 spiro atoms. The smallest absolute Gasteiger partial charge is 0.272 e. The Morgan fingerprint density at radius 1 is 1.36 bits per heavy atom. The van der Waals surface area contributed by atoms with Crippen LogP contribution in [-0.4, -0.2) is 40.1 Å². The molecule has 1 saturated heterocycles. The largest absolute Gasteiger partial charge is 0.349 e. The maximum absolute atomic E-state index is 13.8. The van der Waals surface area contributed by atoms with Gasteiger partial charge in [0.15, 0.2) is 5.69 Å². The van der Waals surface area contributed by atoms with E-state index in [1.807, 2.05) is 4.90 Å². The zero-order chi connectivity index (χ0) is 17.4. The number of likely N-dealkylation sites (tertiary alicyclic amines) is 1. The van der Waals surface area contributed by atoms with Crippen LogP contribution in [0.3, 0.4) is 0 Å². The molecule has 1 fully saturated rings. The van der Waals surface area contributed by atoms with Gasteiger partial charge >= 0.3 is 0 Å². The molecule has 0 bridgehead atoms. The first kappa shape index (κ1) is 16.2. The highest BCUT2D eigenvalue weighted by Crippen LogP contribution is 2.24. The first-order valence-corrected chi connectivity index (χ1v) is 8.64. The summed E-state index contributed by atoms with van der Waals surface area (Å²) >= 11 is 0. The van der Waals surface area contributed by atoms with Crippen LogP contribution in [0.15, 0.2) is 18.2 Å². The Morgan fingerprint density at radius 2 is 2.24 bits per heavy atom. The molecule has 2 heterocycles. The Kier molecular flexibility index (Phi) is 4.25. The molecule has 1 atom stereocenters. The second-order valence-corrected chi connectivity index (χ2v) is 6.74. The van der Waals surface area contributed by atoms with Crippen LogP contribution in [0.1, 0.15) is 40.2 Å². The Bertz CT molecular complexity index is 804. The number of hydrogen-bond donors (Lipinski definition) is 2. The van der Waals surface area contributed by atoms with Gasteiger partial charge in [-0.05, 0) is 43.9 Å². The summed E-state index contributed by atoms with van der Waals surface area (Å²) in [6.45, 7) is 1.65. The lowest BCUT2D eigenvalue weighted by Gasteiger charge is -2.41. The summed E-state index contributed by atoms with van der Waals surface area (Å²) in [6.07, 6.45) is 3.82. The van der Waals surface area contributed by atoms with Gasteiger partial charge in [-0.1, -0.05) is 0 Å². The lowest BCUT2D eigenvalue weighted by atomic mass is 10.0. The Balaban J connectivity index is 1.34. The average Bonchev–Trinajstić information content (AvgIpc) is 3.17. The molecule has 132 valence electrons. The number of aryl methyl sites for hydroxylation is 1. The summed E-state index contributed by atoms with van der Waals surface area (Å²) in [5, 5.41) is 9.99. The van der Waals surface area contributed by atoms with Gasteiger partial charge in [0.2, 0.25) is 0 Å². The number of nitrogens with one attached hydrogen (secondary N) is 2. The molecular weight excluding hydrogens is 326 g/mol. The summed E-state index contributed by atoms with van der Waals surface area (Å²) in [4.78, 5) is 14.4. The number of aromatic nitrogens is 2. The number of halogens is 2. The molecule has 1 aliphatic carbocycles. The number of fused-ring (bicyclic) bond motifs is 1. The maximum Gasteiger partial charge on any atom is 0.272 e. The molecular formula is C18H20F2N4O. The van der Waals surface area contributed by atoms with E-state index in [9.17, 15) is 13.6 Å². The van der Waals surface area contributed by atoms with Gasteiger partial charge in [-0.15, -0.1) is 0 Å². The normalized spacial score (nSPS) is 19.5. The van der Waals surface area contributed by atoms with E-state index in [1.54, 1.807) is 0 Å². The van der Waals surface area contributed by atoms with E-state index in [-0.39, 0.29) is 11.9 Å². The molecule has 0 saturated carbocycles. The van der Waals surface area contributed by atoms with E-state index in [0.29, 0.717) is 24.3 Å². The van der Waals surface area contributed by atoms with Gasteiger partial charge in [-0.25, -0.2) is 8.78 Å². The Hall–Kier alpha value is -2.28. The predicted molar refractivity (Wildman–Crippen MR) is 88.1 cm³/mol. The fourth-order valence-corrected chi connectivity index (χ4v) is 3.62. The van der Waals surface area contributed by atoms with Crippen molar-refractivity contribution < 1.29 is 13.6 Å². The van der Waals surface area contributed by atoms with Crippen LogP contribution in [0.5, 0.6) is 0 Å². The molecule has 1 amide bonds. The minimum Gasteiger partial charge on any atom is -0.349 e. The molecule has 1 unspecified atom stereocenters. The van der Waals surface area contributed by atoms with E-state index in [4.69, 9.17) is 0 Å². The summed E-state index contributed by atoms with van der Waals surface area (Å²) in [6, 6.07) is 3.64. The SMILES string of the molecule is O=C(NCC1CCN1Cc1cc(F)ccc1F)c1n[nH]c2c1CCC2. The standard InChI is InChI=1S/C18H20F2N4O/c19-12-4-5-15(20)11(8-12)10-24-7-6-13(24)9-21-18(25)17-14-2-1-3-16(14)22-23-17/h4-5,8,13H,1-3,6-7,9-10H2,(H,21,25)(H,22,23). The number of aromatic amines is 1. The number of hydrogen-bond acceptors (Lipinski definition) is 3. The molecule has 4 rings (SSSR count). The van der Waals surface area contributed by atoms with Gasteiger partial charge in [0, 0.05) is 42.5 Å². The van der Waals surface area contributed by atoms with E-state index in [1.165, 1.54) is 6.07 Å². The van der Waals surface area contributed by atoms with Crippen molar-refractivity contribution in [1.29, 1.82) is 0 Å². The van der Waals surface area contributed by atoms with Crippen LogP contribution >= 0.6 is 0 Å². The van der Waals surface area contributed by atoms with Crippen molar-refractivity contribution in [2.45, 2.75) is 38.3 Å². The van der Waals surface area contributed by atoms with Crippen LogP contribution in [-0.2, 0) is 19.4 Å². The van der Waals surface area contributed by atoms with Crippen molar-refractivity contribution in [3.05, 3.63) is 52.3 Å². The highest BCUT2D eigenvalue weighted by Gasteiger charge is 2.30. The monoisotopic (exact) mass is 346 g/mol. The van der Waals surface area contributed by atoms with Gasteiger partial charge in [-0.2, -0.15) is 5.10 Å². The van der Waals surface area contributed by atoms with Crippen molar-refractivity contribution in [1.82, 2.24) is 20.4 Å². The average molecular weight is 346 g/mol. The maximum atomic E-state index is 13.8. The number of benzene rings is 1. The van der Waals surface area contributed by atoms with Gasteiger partial charge < -0.3 is 5.32 Å². The zero-order valence-electron chi connectivity index (χ0n) is 13.8. The van der Waals surface area contributed by atoms with Gasteiger partial charge in [0.25, 0.3) is 5.91 Å². The van der Waals surface area contributed by atoms with E-state index in [2.05, 4.69) is 15.5 Å². The lowest BCUT2D eigenvalue weighted by molar-refractivity contribution is 0.0720. The number of amides is 1. The molecule has 25 heavy (non-hydrogen) atoms. The molecule has 2 aliphatic rings. The zero-order valence-corrected chi connectivity index (χ0v) is 13.8. The minimum atomic E-state index is -0.436. The third-order valence-electron chi connectivity index (χ3n) is 5.17. The highest BCUT2D eigenvalue weighted by molar-refractivity contribution is 5.94. The van der Waals surface area contributed by atoms with Crippen molar-refractivity contribution >= 4 is 5.91 Å². The fourth-order valence-electron chi connectivity index (χ4n) is 3.62. The van der Waals surface area contributed by atoms with Crippen molar-refractivity contribution in [3.8, 4) is 0 Å². The second-order valence-electron chi connectivity index (χ2n) is 6.74. The number of carbonyl (C=O) groups is 1. The number of H-pyrrole nitrogens is 1. The first-order valence-electron chi connectivity index (χ1n) is 8.64. The van der Waals surface area contributed by atoms with Crippen LogP contribution in [0.2, 0.25) is 0 Å². The second kappa shape index (κ2) is 6.55. The van der Waals surface area contributed by atoms with Gasteiger partial charge in [0.05, 0.1) is 0 Å². The number of carbonyl (C=O) groups excluding carboxylic acids is 1.